The smallest absolute Gasteiger partial charge is 0.167 e. The number of morpholine rings is 1. The molecule has 0 N–H and O–H groups in total. The lowest BCUT2D eigenvalue weighted by molar-refractivity contribution is -0.135. The molecule has 3 nitrogen and oxygen atoms in total. The van der Waals surface area contributed by atoms with Crippen molar-refractivity contribution < 1.29 is 13.9 Å². The SMILES string of the molecule is CCN1CCOC(C(=O)Cc2cc(Br)ccc2F)C1. The molecule has 1 atom stereocenters. The fourth-order valence-electron chi connectivity index (χ4n) is 2.16. The highest BCUT2D eigenvalue weighted by molar-refractivity contribution is 9.10. The van der Waals surface area contributed by atoms with Crippen molar-refractivity contribution in [1.82, 2.24) is 4.90 Å². The Hall–Kier alpha value is -0.780. The normalized spacial score (nSPS) is 20.5. The first-order valence-corrected chi connectivity index (χ1v) is 7.20. The van der Waals surface area contributed by atoms with Crippen molar-refractivity contribution in [3.8, 4) is 0 Å². The van der Waals surface area contributed by atoms with Gasteiger partial charge in [0.1, 0.15) is 11.9 Å². The lowest BCUT2D eigenvalue weighted by Gasteiger charge is -2.31. The van der Waals surface area contributed by atoms with E-state index in [1.807, 2.05) is 0 Å². The molecule has 1 fully saturated rings. The molecule has 104 valence electrons. The van der Waals surface area contributed by atoms with E-state index in [-0.39, 0.29) is 18.0 Å². The number of ether oxygens (including phenoxy) is 1. The van der Waals surface area contributed by atoms with Gasteiger partial charge in [0.25, 0.3) is 0 Å². The van der Waals surface area contributed by atoms with Crippen molar-refractivity contribution in [3.05, 3.63) is 34.1 Å². The van der Waals surface area contributed by atoms with Crippen molar-refractivity contribution in [2.24, 2.45) is 0 Å². The number of ketones is 1. The molecule has 19 heavy (non-hydrogen) atoms. The van der Waals surface area contributed by atoms with Crippen molar-refractivity contribution in [1.29, 1.82) is 0 Å². The van der Waals surface area contributed by atoms with E-state index in [4.69, 9.17) is 4.74 Å². The Morgan fingerprint density at radius 2 is 2.37 bits per heavy atom. The van der Waals surface area contributed by atoms with Gasteiger partial charge in [0, 0.05) is 24.0 Å². The summed E-state index contributed by atoms with van der Waals surface area (Å²) in [4.78, 5) is 14.3. The van der Waals surface area contributed by atoms with Crippen LogP contribution in [-0.2, 0) is 16.0 Å². The van der Waals surface area contributed by atoms with Crippen LogP contribution in [0.15, 0.2) is 22.7 Å². The molecule has 1 heterocycles. The van der Waals surface area contributed by atoms with Crippen molar-refractivity contribution >= 4 is 21.7 Å². The summed E-state index contributed by atoms with van der Waals surface area (Å²) < 4.78 is 19.9. The average molecular weight is 330 g/mol. The standard InChI is InChI=1S/C14H17BrFNO2/c1-2-17-5-6-19-14(9-17)13(18)8-10-7-11(15)3-4-12(10)16/h3-4,7,14H,2,5-6,8-9H2,1H3. The van der Waals surface area contributed by atoms with E-state index in [0.717, 1.165) is 17.6 Å². The summed E-state index contributed by atoms with van der Waals surface area (Å²) in [5.74, 6) is -0.408. The molecule has 0 bridgehead atoms. The van der Waals surface area contributed by atoms with Crippen LogP contribution in [0.4, 0.5) is 4.39 Å². The highest BCUT2D eigenvalue weighted by Crippen LogP contribution is 2.17. The van der Waals surface area contributed by atoms with Crippen molar-refractivity contribution in [2.75, 3.05) is 26.2 Å². The van der Waals surface area contributed by atoms with Crippen LogP contribution in [0.5, 0.6) is 0 Å². The number of hydrogen-bond donors (Lipinski definition) is 0. The highest BCUT2D eigenvalue weighted by atomic mass is 79.9. The predicted octanol–water partition coefficient (Wildman–Crippen LogP) is 2.42. The molecular formula is C14H17BrFNO2. The summed E-state index contributed by atoms with van der Waals surface area (Å²) in [6.07, 6.45) is -0.361. The maximum Gasteiger partial charge on any atom is 0.167 e. The van der Waals surface area contributed by atoms with Crippen LogP contribution in [0.3, 0.4) is 0 Å². The molecule has 5 heteroatoms. The van der Waals surface area contributed by atoms with Gasteiger partial charge < -0.3 is 4.74 Å². The highest BCUT2D eigenvalue weighted by Gasteiger charge is 2.26. The first kappa shape index (κ1) is 14.6. The minimum atomic E-state index is -0.438. The number of Topliss-reactive ketones (excluding diaryl/α,β-unsaturated/α-hetero) is 1. The number of likely N-dealkylation sites (N-methyl/N-ethyl adjacent to an activating group) is 1. The number of rotatable bonds is 4. The largest absolute Gasteiger partial charge is 0.368 e. The van der Waals surface area contributed by atoms with E-state index in [0.29, 0.717) is 18.7 Å². The van der Waals surface area contributed by atoms with Gasteiger partial charge in [-0.25, -0.2) is 4.39 Å². The second-order valence-electron chi connectivity index (χ2n) is 4.63. The molecule has 1 aromatic rings. The monoisotopic (exact) mass is 329 g/mol. The molecule has 0 saturated carbocycles. The number of hydrogen-bond acceptors (Lipinski definition) is 3. The van der Waals surface area contributed by atoms with Gasteiger partial charge in [0.2, 0.25) is 0 Å². The Morgan fingerprint density at radius 1 is 1.58 bits per heavy atom. The number of benzene rings is 1. The van der Waals surface area contributed by atoms with Gasteiger partial charge in [-0.1, -0.05) is 22.9 Å². The number of carbonyl (C=O) groups excluding carboxylic acids is 1. The third-order valence-electron chi connectivity index (χ3n) is 3.33. The topological polar surface area (TPSA) is 29.5 Å². The Labute approximate surface area is 120 Å². The van der Waals surface area contributed by atoms with Gasteiger partial charge in [-0.3, -0.25) is 9.69 Å². The average Bonchev–Trinajstić information content (AvgIpc) is 2.43. The molecule has 1 aliphatic rings. The number of carbonyl (C=O) groups is 1. The Kier molecular flexibility index (Phi) is 5.07. The minimum absolute atomic E-state index is 0.0600. The quantitative estimate of drug-likeness (QED) is 0.849. The molecular weight excluding hydrogens is 313 g/mol. The molecule has 2 rings (SSSR count). The van der Waals surface area contributed by atoms with Crippen molar-refractivity contribution in [3.63, 3.8) is 0 Å². The van der Waals surface area contributed by atoms with Crippen LogP contribution >= 0.6 is 15.9 Å². The van der Waals surface area contributed by atoms with Crippen LogP contribution in [0.2, 0.25) is 0 Å². The molecule has 0 spiro atoms. The van der Waals surface area contributed by atoms with Gasteiger partial charge >= 0.3 is 0 Å². The maximum absolute atomic E-state index is 13.6. The Balaban J connectivity index is 2.02. The van der Waals surface area contributed by atoms with E-state index in [1.54, 1.807) is 12.1 Å². The zero-order valence-electron chi connectivity index (χ0n) is 10.9. The third-order valence-corrected chi connectivity index (χ3v) is 3.82. The lowest BCUT2D eigenvalue weighted by atomic mass is 10.0. The van der Waals surface area contributed by atoms with Gasteiger partial charge in [-0.2, -0.15) is 0 Å². The molecule has 0 radical (unpaired) electrons. The fraction of sp³-hybridized carbons (Fsp3) is 0.500. The van der Waals surface area contributed by atoms with Crippen molar-refractivity contribution in [2.45, 2.75) is 19.4 Å². The van der Waals surface area contributed by atoms with E-state index >= 15 is 0 Å². The third kappa shape index (κ3) is 3.84. The summed E-state index contributed by atoms with van der Waals surface area (Å²) >= 11 is 3.29. The van der Waals surface area contributed by atoms with Crippen LogP contribution in [0.25, 0.3) is 0 Å². The zero-order valence-corrected chi connectivity index (χ0v) is 12.5. The summed E-state index contributed by atoms with van der Waals surface area (Å²) in [5, 5.41) is 0. The van der Waals surface area contributed by atoms with Crippen LogP contribution in [0, 0.1) is 5.82 Å². The number of halogens is 2. The van der Waals surface area contributed by atoms with Gasteiger partial charge in [-0.05, 0) is 30.3 Å². The first-order chi connectivity index (χ1) is 9.10. The maximum atomic E-state index is 13.6. The first-order valence-electron chi connectivity index (χ1n) is 6.40. The van der Waals surface area contributed by atoms with Crippen LogP contribution in [0.1, 0.15) is 12.5 Å². The molecule has 0 aromatic heterocycles. The molecule has 1 unspecified atom stereocenters. The molecule has 0 amide bonds. The summed E-state index contributed by atoms with van der Waals surface area (Å²) in [6.45, 7) is 4.97. The molecule has 1 saturated heterocycles. The van der Waals surface area contributed by atoms with Gasteiger partial charge in [-0.15, -0.1) is 0 Å². The Bertz CT molecular complexity index is 467. The molecule has 1 aromatic carbocycles. The number of nitrogens with zero attached hydrogens (tertiary/aromatic N) is 1. The predicted molar refractivity (Wildman–Crippen MR) is 74.7 cm³/mol. The summed E-state index contributed by atoms with van der Waals surface area (Å²) in [6, 6.07) is 4.64. The van der Waals surface area contributed by atoms with Crippen LogP contribution < -0.4 is 0 Å². The summed E-state index contributed by atoms with van der Waals surface area (Å²) in [7, 11) is 0. The lowest BCUT2D eigenvalue weighted by Crippen LogP contribution is -2.46. The molecule has 0 aliphatic carbocycles. The Morgan fingerprint density at radius 3 is 3.11 bits per heavy atom. The van der Waals surface area contributed by atoms with E-state index in [1.165, 1.54) is 6.07 Å². The van der Waals surface area contributed by atoms with Gasteiger partial charge in [0.05, 0.1) is 6.61 Å². The second kappa shape index (κ2) is 6.59. The summed E-state index contributed by atoms with van der Waals surface area (Å²) in [5.41, 5.74) is 0.414. The van der Waals surface area contributed by atoms with Gasteiger partial charge in [0.15, 0.2) is 5.78 Å². The minimum Gasteiger partial charge on any atom is -0.368 e. The van der Waals surface area contributed by atoms with E-state index in [2.05, 4.69) is 27.8 Å². The zero-order chi connectivity index (χ0) is 13.8. The van der Waals surface area contributed by atoms with E-state index in [9.17, 15) is 9.18 Å². The van der Waals surface area contributed by atoms with Crippen LogP contribution in [-0.4, -0.2) is 43.0 Å². The fourth-order valence-corrected chi connectivity index (χ4v) is 2.57. The van der Waals surface area contributed by atoms with E-state index < -0.39 is 6.10 Å². The second-order valence-corrected chi connectivity index (χ2v) is 5.55. The molecule has 1 aliphatic heterocycles.